The topological polar surface area (TPSA) is 124 Å². The number of carboxylic acid groups (broad SMARTS) is 1. The van der Waals surface area contributed by atoms with Gasteiger partial charge in [-0.2, -0.15) is 0 Å². The summed E-state index contributed by atoms with van der Waals surface area (Å²) in [4.78, 5) is 30.9. The van der Waals surface area contributed by atoms with Crippen LogP contribution in [0.15, 0.2) is 24.8 Å². The molecule has 1 atom stereocenters. The van der Waals surface area contributed by atoms with Crippen molar-refractivity contribution in [1.29, 1.82) is 0 Å². The average molecular weight is 317 g/mol. The van der Waals surface area contributed by atoms with Crippen LogP contribution in [-0.2, 0) is 11.3 Å². The number of aromatic nitrogens is 4. The van der Waals surface area contributed by atoms with Crippen molar-refractivity contribution in [2.45, 2.75) is 6.54 Å². The molecular weight excluding hydrogens is 298 g/mol. The molecule has 2 aromatic heterocycles. The minimum absolute atomic E-state index is 0.374. The lowest BCUT2D eigenvalue weighted by Crippen LogP contribution is -2.35. The molecule has 9 heteroatoms. The number of aliphatic carboxylic acids is 1. The largest absolute Gasteiger partial charge is 0.481 e. The molecule has 0 spiro atoms. The normalized spacial score (nSPS) is 19.5. The molecule has 1 fully saturated rings. The van der Waals surface area contributed by atoms with Crippen LogP contribution in [0.5, 0.6) is 0 Å². The Kier molecular flexibility index (Phi) is 4.38. The molecule has 2 aromatic rings. The molecule has 23 heavy (non-hydrogen) atoms. The van der Waals surface area contributed by atoms with Crippen molar-refractivity contribution in [3.05, 3.63) is 30.6 Å². The molecule has 3 rings (SSSR count). The lowest BCUT2D eigenvalue weighted by molar-refractivity contribution is -0.141. The summed E-state index contributed by atoms with van der Waals surface area (Å²) in [5.74, 6) is 0.531. The zero-order valence-electron chi connectivity index (χ0n) is 12.6. The Labute approximate surface area is 133 Å². The van der Waals surface area contributed by atoms with Crippen LogP contribution in [-0.4, -0.2) is 62.1 Å². The molecule has 0 saturated carbocycles. The number of nitrogen functional groups attached to an aromatic ring is 1. The number of nitrogens with zero attached hydrogens (tertiary/aromatic N) is 5. The minimum atomic E-state index is -0.816. The third-order valence-corrected chi connectivity index (χ3v) is 3.88. The van der Waals surface area contributed by atoms with Gasteiger partial charge < -0.3 is 20.7 Å². The van der Waals surface area contributed by atoms with E-state index in [-0.39, 0.29) is 0 Å². The number of hydrogen-bond acceptors (Lipinski definition) is 7. The first-order valence-electron chi connectivity index (χ1n) is 7.37. The van der Waals surface area contributed by atoms with Gasteiger partial charge in [-0.05, 0) is 0 Å². The van der Waals surface area contributed by atoms with E-state index in [0.29, 0.717) is 44.4 Å². The number of nitrogens with two attached hydrogens (primary N) is 1. The molecule has 9 nitrogen and oxygen atoms in total. The molecule has 4 N–H and O–H groups in total. The van der Waals surface area contributed by atoms with Crippen LogP contribution in [0.1, 0.15) is 5.82 Å². The number of anilines is 2. The Morgan fingerprint density at radius 2 is 2.22 bits per heavy atom. The number of rotatable bonds is 4. The lowest BCUT2D eigenvalue weighted by atomic mass is 10.1. The summed E-state index contributed by atoms with van der Waals surface area (Å²) >= 11 is 0. The van der Waals surface area contributed by atoms with Gasteiger partial charge in [0, 0.05) is 44.6 Å². The van der Waals surface area contributed by atoms with Crippen LogP contribution >= 0.6 is 0 Å². The number of H-pyrrole nitrogens is 1. The van der Waals surface area contributed by atoms with E-state index in [0.717, 1.165) is 5.82 Å². The minimum Gasteiger partial charge on any atom is -0.481 e. The number of carboxylic acids is 1. The highest BCUT2D eigenvalue weighted by Crippen LogP contribution is 2.18. The van der Waals surface area contributed by atoms with Crippen LogP contribution < -0.4 is 10.6 Å². The maximum absolute atomic E-state index is 11.6. The van der Waals surface area contributed by atoms with E-state index in [2.05, 4.69) is 24.8 Å². The summed E-state index contributed by atoms with van der Waals surface area (Å²) in [5.41, 5.74) is 5.70. The number of carbonyl (C=O) groups is 1. The van der Waals surface area contributed by atoms with Crippen molar-refractivity contribution in [1.82, 2.24) is 24.8 Å². The fourth-order valence-electron chi connectivity index (χ4n) is 2.72. The van der Waals surface area contributed by atoms with Crippen LogP contribution in [0.2, 0.25) is 0 Å². The zero-order valence-corrected chi connectivity index (χ0v) is 12.6. The molecule has 0 radical (unpaired) electrons. The predicted octanol–water partition coefficient (Wildman–Crippen LogP) is -0.195. The van der Waals surface area contributed by atoms with E-state index in [1.165, 1.54) is 6.33 Å². The SMILES string of the molecule is Nc1cc(N2CCN(Cc3ncc[nH]3)C[C@@H](C(=O)O)C2)ncn1. The first-order valence-corrected chi connectivity index (χ1v) is 7.37. The van der Waals surface area contributed by atoms with Gasteiger partial charge in [0.05, 0.1) is 12.5 Å². The van der Waals surface area contributed by atoms with Crippen molar-refractivity contribution in [2.75, 3.05) is 36.8 Å². The second kappa shape index (κ2) is 6.61. The van der Waals surface area contributed by atoms with Crippen LogP contribution in [0.4, 0.5) is 11.6 Å². The summed E-state index contributed by atoms with van der Waals surface area (Å²) in [6, 6.07) is 1.67. The van der Waals surface area contributed by atoms with Gasteiger partial charge in [0.15, 0.2) is 0 Å². The van der Waals surface area contributed by atoms with Gasteiger partial charge in [-0.3, -0.25) is 9.69 Å². The quantitative estimate of drug-likeness (QED) is 0.708. The molecule has 0 unspecified atom stereocenters. The predicted molar refractivity (Wildman–Crippen MR) is 83.6 cm³/mol. The van der Waals surface area contributed by atoms with Gasteiger partial charge in [-0.15, -0.1) is 0 Å². The maximum atomic E-state index is 11.6. The number of hydrogen-bond donors (Lipinski definition) is 3. The van der Waals surface area contributed by atoms with Gasteiger partial charge >= 0.3 is 5.97 Å². The second-order valence-electron chi connectivity index (χ2n) is 5.55. The summed E-state index contributed by atoms with van der Waals surface area (Å²) < 4.78 is 0. The molecule has 0 bridgehead atoms. The monoisotopic (exact) mass is 317 g/mol. The first kappa shape index (κ1) is 15.2. The highest BCUT2D eigenvalue weighted by atomic mass is 16.4. The fraction of sp³-hybridized carbons (Fsp3) is 0.429. The second-order valence-corrected chi connectivity index (χ2v) is 5.55. The number of imidazole rings is 1. The van der Waals surface area contributed by atoms with Crippen molar-refractivity contribution in [2.24, 2.45) is 5.92 Å². The zero-order chi connectivity index (χ0) is 16.2. The van der Waals surface area contributed by atoms with E-state index < -0.39 is 11.9 Å². The molecular formula is C14H19N7O2. The van der Waals surface area contributed by atoms with Crippen LogP contribution in [0.25, 0.3) is 0 Å². The lowest BCUT2D eigenvalue weighted by Gasteiger charge is -2.23. The molecule has 0 aliphatic carbocycles. The standard InChI is InChI=1S/C14H19N7O2/c15-11-5-13(19-9-18-11)21-4-3-20(6-10(7-21)14(22)23)8-12-16-1-2-17-12/h1-2,5,9-10H,3-4,6-8H2,(H,16,17)(H,22,23)(H2,15,18,19)/t10-/m1/s1. The number of nitrogens with one attached hydrogen (secondary N) is 1. The third-order valence-electron chi connectivity index (χ3n) is 3.88. The molecule has 1 saturated heterocycles. The highest BCUT2D eigenvalue weighted by Gasteiger charge is 2.28. The van der Waals surface area contributed by atoms with Gasteiger partial charge in [0.1, 0.15) is 23.8 Å². The van der Waals surface area contributed by atoms with Crippen molar-refractivity contribution < 1.29 is 9.90 Å². The molecule has 3 heterocycles. The Bertz CT molecular complexity index is 661. The Balaban J connectivity index is 1.76. The van der Waals surface area contributed by atoms with E-state index in [9.17, 15) is 9.90 Å². The Morgan fingerprint density at radius 1 is 1.35 bits per heavy atom. The maximum Gasteiger partial charge on any atom is 0.309 e. The first-order chi connectivity index (χ1) is 11.1. The highest BCUT2D eigenvalue weighted by molar-refractivity contribution is 5.71. The van der Waals surface area contributed by atoms with Crippen molar-refractivity contribution >= 4 is 17.6 Å². The summed E-state index contributed by atoms with van der Waals surface area (Å²) in [6.45, 7) is 2.83. The summed E-state index contributed by atoms with van der Waals surface area (Å²) in [5, 5.41) is 9.49. The average Bonchev–Trinajstić information content (AvgIpc) is 2.92. The van der Waals surface area contributed by atoms with Gasteiger partial charge in [0.2, 0.25) is 0 Å². The molecule has 0 amide bonds. The number of aromatic amines is 1. The smallest absolute Gasteiger partial charge is 0.309 e. The van der Waals surface area contributed by atoms with Gasteiger partial charge in [-0.25, -0.2) is 15.0 Å². The summed E-state index contributed by atoms with van der Waals surface area (Å²) in [6.07, 6.45) is 4.85. The van der Waals surface area contributed by atoms with Crippen molar-refractivity contribution in [3.63, 3.8) is 0 Å². The molecule has 122 valence electrons. The molecule has 1 aliphatic rings. The van der Waals surface area contributed by atoms with Gasteiger partial charge in [0.25, 0.3) is 0 Å². The summed E-state index contributed by atoms with van der Waals surface area (Å²) in [7, 11) is 0. The van der Waals surface area contributed by atoms with Gasteiger partial charge in [-0.1, -0.05) is 0 Å². The molecule has 1 aliphatic heterocycles. The van der Waals surface area contributed by atoms with Crippen molar-refractivity contribution in [3.8, 4) is 0 Å². The fourth-order valence-corrected chi connectivity index (χ4v) is 2.72. The molecule has 0 aromatic carbocycles. The van der Waals surface area contributed by atoms with Crippen LogP contribution in [0, 0.1) is 5.92 Å². The Morgan fingerprint density at radius 3 is 2.91 bits per heavy atom. The van der Waals surface area contributed by atoms with E-state index in [1.807, 2.05) is 4.90 Å². The third kappa shape index (κ3) is 3.75. The van der Waals surface area contributed by atoms with E-state index in [1.54, 1.807) is 18.5 Å². The van der Waals surface area contributed by atoms with E-state index >= 15 is 0 Å². The van der Waals surface area contributed by atoms with E-state index in [4.69, 9.17) is 5.73 Å². The van der Waals surface area contributed by atoms with Crippen LogP contribution in [0.3, 0.4) is 0 Å². The Hall–Kier alpha value is -2.68.